The van der Waals surface area contributed by atoms with Gasteiger partial charge < -0.3 is 4.23 Å². The van der Waals surface area contributed by atoms with Crippen LogP contribution in [0.4, 0.5) is 0 Å². The highest BCUT2D eigenvalue weighted by Crippen LogP contribution is 2.44. The molecule has 144 valence electrons. The Kier molecular flexibility index (Phi) is 5.78. The number of rotatable bonds is 6. The zero-order valence-corrected chi connectivity index (χ0v) is 19.0. The summed E-state index contributed by atoms with van der Waals surface area (Å²) in [6.45, 7) is 14.4. The molecule has 0 saturated carbocycles. The van der Waals surface area contributed by atoms with Crippen molar-refractivity contribution in [1.29, 1.82) is 0 Å². The van der Waals surface area contributed by atoms with Crippen molar-refractivity contribution in [3.05, 3.63) is 59.1 Å². The van der Waals surface area contributed by atoms with E-state index in [1.807, 2.05) is 24.5 Å². The van der Waals surface area contributed by atoms with E-state index in [0.717, 1.165) is 12.1 Å². The summed E-state index contributed by atoms with van der Waals surface area (Å²) >= 11 is 5.96. The number of pyridine rings is 2. The number of nitrogens with zero attached hydrogens (tertiary/aromatic N) is 3. The molecule has 3 nitrogen and oxygen atoms in total. The third-order valence-electron chi connectivity index (χ3n) is 6.02. The van der Waals surface area contributed by atoms with E-state index in [4.69, 9.17) is 16.6 Å². The molecule has 0 aromatic carbocycles. The Balaban J connectivity index is 2.21. The van der Waals surface area contributed by atoms with Crippen molar-refractivity contribution in [1.82, 2.24) is 14.2 Å². The summed E-state index contributed by atoms with van der Waals surface area (Å²) in [5.41, 5.74) is 5.51. The second kappa shape index (κ2) is 7.76. The minimum Gasteiger partial charge on any atom is -0.358 e. The summed E-state index contributed by atoms with van der Waals surface area (Å²) in [6, 6.07) is 8.17. The molecule has 0 N–H and O–H groups in total. The van der Waals surface area contributed by atoms with Crippen LogP contribution in [0, 0.1) is 0 Å². The standard InChI is InChI=1S/C22H30ClN3Si/c1-15(2)27(16(3)4,17(5)6)26-14-19(20-8-7-11-24-22(20)26)12-18-9-10-21(23)25-13-18/h7-11,13-17H,12H2,1-6H3. The lowest BCUT2D eigenvalue weighted by Crippen LogP contribution is -2.51. The van der Waals surface area contributed by atoms with E-state index in [9.17, 15) is 0 Å². The van der Waals surface area contributed by atoms with Gasteiger partial charge in [-0.25, -0.2) is 9.97 Å². The third-order valence-corrected chi connectivity index (χ3v) is 13.0. The second-order valence-electron chi connectivity index (χ2n) is 8.42. The first-order valence-corrected chi connectivity index (χ1v) is 12.4. The average Bonchev–Trinajstić information content (AvgIpc) is 2.96. The number of aromatic nitrogens is 3. The summed E-state index contributed by atoms with van der Waals surface area (Å²) in [6.07, 6.45) is 7.03. The van der Waals surface area contributed by atoms with Crippen molar-refractivity contribution in [3.63, 3.8) is 0 Å². The lowest BCUT2D eigenvalue weighted by molar-refractivity contribution is 0.769. The van der Waals surface area contributed by atoms with Crippen LogP contribution in [0.25, 0.3) is 11.0 Å². The average molecular weight is 400 g/mol. The highest BCUT2D eigenvalue weighted by Gasteiger charge is 2.46. The zero-order valence-electron chi connectivity index (χ0n) is 17.2. The van der Waals surface area contributed by atoms with E-state index >= 15 is 0 Å². The Labute approximate surface area is 168 Å². The highest BCUT2D eigenvalue weighted by atomic mass is 35.5. The van der Waals surface area contributed by atoms with Gasteiger partial charge in [0.15, 0.2) is 8.24 Å². The Morgan fingerprint density at radius 2 is 1.63 bits per heavy atom. The first-order chi connectivity index (χ1) is 12.8. The largest absolute Gasteiger partial charge is 0.358 e. The van der Waals surface area contributed by atoms with E-state index in [1.165, 1.54) is 16.5 Å². The molecule has 0 bridgehead atoms. The maximum atomic E-state index is 5.96. The number of hydrogen-bond donors (Lipinski definition) is 0. The molecule has 0 aliphatic heterocycles. The van der Waals surface area contributed by atoms with Crippen molar-refractivity contribution in [2.75, 3.05) is 0 Å². The number of hydrogen-bond acceptors (Lipinski definition) is 2. The predicted octanol–water partition coefficient (Wildman–Crippen LogP) is 6.70. The lowest BCUT2D eigenvalue weighted by Gasteiger charge is -2.44. The van der Waals surface area contributed by atoms with Crippen LogP contribution in [0.5, 0.6) is 0 Å². The quantitative estimate of drug-likeness (QED) is 0.341. The zero-order chi connectivity index (χ0) is 19.8. The van der Waals surface area contributed by atoms with E-state index in [1.54, 1.807) is 0 Å². The summed E-state index contributed by atoms with van der Waals surface area (Å²) in [7, 11) is -1.86. The molecule has 0 spiro atoms. The lowest BCUT2D eigenvalue weighted by atomic mass is 10.1. The van der Waals surface area contributed by atoms with Crippen LogP contribution in [-0.2, 0) is 6.42 Å². The van der Waals surface area contributed by atoms with Gasteiger partial charge in [0.25, 0.3) is 0 Å². The van der Waals surface area contributed by atoms with Gasteiger partial charge in [-0.15, -0.1) is 0 Å². The Morgan fingerprint density at radius 3 is 2.19 bits per heavy atom. The van der Waals surface area contributed by atoms with Crippen molar-refractivity contribution in [3.8, 4) is 0 Å². The molecule has 0 aliphatic carbocycles. The molecular formula is C22H30ClN3Si. The van der Waals surface area contributed by atoms with Crippen LogP contribution in [0.3, 0.4) is 0 Å². The molecule has 3 aromatic rings. The fourth-order valence-electron chi connectivity index (χ4n) is 5.13. The van der Waals surface area contributed by atoms with E-state index in [2.05, 4.69) is 69.1 Å². The normalized spacial score (nSPS) is 12.7. The summed E-state index contributed by atoms with van der Waals surface area (Å²) in [5.74, 6) is 0. The van der Waals surface area contributed by atoms with Gasteiger partial charge >= 0.3 is 0 Å². The molecule has 3 heterocycles. The molecule has 0 unspecified atom stereocenters. The molecular weight excluding hydrogens is 370 g/mol. The SMILES string of the molecule is CC(C)[Si](C(C)C)(C(C)C)n1cc(Cc2ccc(Cl)nc2)c2cccnc21. The minimum atomic E-state index is -1.86. The summed E-state index contributed by atoms with van der Waals surface area (Å²) < 4.78 is 2.60. The maximum Gasteiger partial charge on any atom is 0.171 e. The smallest absolute Gasteiger partial charge is 0.171 e. The highest BCUT2D eigenvalue weighted by molar-refractivity contribution is 6.82. The Morgan fingerprint density at radius 1 is 0.963 bits per heavy atom. The van der Waals surface area contributed by atoms with E-state index in [-0.39, 0.29) is 0 Å². The van der Waals surface area contributed by atoms with Crippen molar-refractivity contribution in [2.24, 2.45) is 0 Å². The van der Waals surface area contributed by atoms with Crippen LogP contribution in [0.1, 0.15) is 52.7 Å². The summed E-state index contributed by atoms with van der Waals surface area (Å²) in [5, 5.41) is 1.79. The molecule has 0 aliphatic rings. The van der Waals surface area contributed by atoms with Crippen LogP contribution in [0.2, 0.25) is 21.8 Å². The van der Waals surface area contributed by atoms with Crippen LogP contribution in [0.15, 0.2) is 42.9 Å². The van der Waals surface area contributed by atoms with Gasteiger partial charge in [0, 0.05) is 30.4 Å². The van der Waals surface area contributed by atoms with Gasteiger partial charge in [-0.1, -0.05) is 59.2 Å². The van der Waals surface area contributed by atoms with Gasteiger partial charge in [0.05, 0.1) is 0 Å². The van der Waals surface area contributed by atoms with Gasteiger partial charge in [-0.2, -0.15) is 0 Å². The third kappa shape index (κ3) is 3.45. The molecule has 3 rings (SSSR count). The number of fused-ring (bicyclic) bond motifs is 1. The Bertz CT molecular complexity index is 891. The predicted molar refractivity (Wildman–Crippen MR) is 118 cm³/mol. The number of halogens is 1. The molecule has 0 saturated heterocycles. The molecule has 0 radical (unpaired) electrons. The van der Waals surface area contributed by atoms with Crippen molar-refractivity contribution >= 4 is 30.9 Å². The van der Waals surface area contributed by atoms with Crippen LogP contribution in [-0.4, -0.2) is 22.4 Å². The van der Waals surface area contributed by atoms with Crippen LogP contribution < -0.4 is 0 Å². The topological polar surface area (TPSA) is 30.7 Å². The molecule has 3 aromatic heterocycles. The summed E-state index contributed by atoms with van der Waals surface area (Å²) in [4.78, 5) is 9.08. The fourth-order valence-corrected chi connectivity index (χ4v) is 11.8. The van der Waals surface area contributed by atoms with Gasteiger partial charge in [-0.3, -0.25) is 0 Å². The van der Waals surface area contributed by atoms with E-state index in [0.29, 0.717) is 21.8 Å². The van der Waals surface area contributed by atoms with Crippen molar-refractivity contribution in [2.45, 2.75) is 64.6 Å². The Hall–Kier alpha value is -1.65. The second-order valence-corrected chi connectivity index (χ2v) is 14.5. The molecule has 0 atom stereocenters. The fraction of sp³-hybridized carbons (Fsp3) is 0.455. The van der Waals surface area contributed by atoms with Gasteiger partial charge in [-0.05, 0) is 45.9 Å². The maximum absolute atomic E-state index is 5.96. The molecule has 27 heavy (non-hydrogen) atoms. The first-order valence-electron chi connectivity index (χ1n) is 9.84. The minimum absolute atomic E-state index is 0.536. The van der Waals surface area contributed by atoms with Gasteiger partial charge in [0.2, 0.25) is 0 Å². The van der Waals surface area contributed by atoms with Crippen LogP contribution >= 0.6 is 11.6 Å². The monoisotopic (exact) mass is 399 g/mol. The molecule has 5 heteroatoms. The van der Waals surface area contributed by atoms with E-state index < -0.39 is 8.24 Å². The molecule has 0 fully saturated rings. The first kappa shape index (κ1) is 20.1. The van der Waals surface area contributed by atoms with Crippen molar-refractivity contribution < 1.29 is 0 Å². The molecule has 0 amide bonds. The van der Waals surface area contributed by atoms with Gasteiger partial charge in [0.1, 0.15) is 10.8 Å².